The number of benzene rings is 3. The second kappa shape index (κ2) is 12.7. The molecule has 3 aromatic carbocycles. The molecular formula is C33H37N3O2. The van der Waals surface area contributed by atoms with Gasteiger partial charge < -0.3 is 9.64 Å². The number of likely N-dealkylation sites (tertiary alicyclic amines) is 1. The molecule has 38 heavy (non-hydrogen) atoms. The summed E-state index contributed by atoms with van der Waals surface area (Å²) >= 11 is 0. The lowest BCUT2D eigenvalue weighted by molar-refractivity contribution is -0.134. The molecule has 1 aliphatic rings. The molecule has 1 atom stereocenters. The molecule has 0 unspecified atom stereocenters. The number of aromatic nitrogens is 1. The number of hydrogen-bond acceptors (Lipinski definition) is 4. The Labute approximate surface area is 226 Å². The van der Waals surface area contributed by atoms with Crippen LogP contribution in [0, 0.1) is 0 Å². The number of rotatable bonds is 10. The molecule has 1 aromatic heterocycles. The molecule has 0 saturated carbocycles. The Morgan fingerprint density at radius 2 is 1.76 bits per heavy atom. The Balaban J connectivity index is 1.14. The summed E-state index contributed by atoms with van der Waals surface area (Å²) in [7, 11) is 2.14. The SMILES string of the molecule is CN(Cc1cccc(OCC[C@H]2CCCCN2C(=O)Cc2ccccc2)c1)Cc1cccc2cccnc12. The molecule has 0 bridgehead atoms. The molecule has 1 aliphatic heterocycles. The zero-order valence-electron chi connectivity index (χ0n) is 22.3. The molecule has 2 heterocycles. The summed E-state index contributed by atoms with van der Waals surface area (Å²) in [5.74, 6) is 1.12. The summed E-state index contributed by atoms with van der Waals surface area (Å²) in [4.78, 5) is 22.0. The number of piperidine rings is 1. The fourth-order valence-corrected chi connectivity index (χ4v) is 5.50. The van der Waals surface area contributed by atoms with Crippen molar-refractivity contribution < 1.29 is 9.53 Å². The predicted octanol–water partition coefficient (Wildman–Crippen LogP) is 6.26. The zero-order chi connectivity index (χ0) is 26.2. The second-order valence-corrected chi connectivity index (χ2v) is 10.3. The standard InChI is InChI=1S/C33H37N3O2/c1-35(25-29-14-8-13-28-15-9-19-34-33(28)29)24-27-12-7-17-31(22-27)38-21-18-30-16-5-6-20-36(30)32(37)23-26-10-3-2-4-11-26/h2-4,7-15,17,19,22,30H,5-6,16,18,20-21,23-25H2,1H3/t30-/m1/s1. The highest BCUT2D eigenvalue weighted by Gasteiger charge is 2.26. The zero-order valence-corrected chi connectivity index (χ0v) is 22.3. The molecule has 1 fully saturated rings. The van der Waals surface area contributed by atoms with Crippen LogP contribution in [0.3, 0.4) is 0 Å². The lowest BCUT2D eigenvalue weighted by Gasteiger charge is -2.36. The third-order valence-electron chi connectivity index (χ3n) is 7.37. The van der Waals surface area contributed by atoms with Gasteiger partial charge in [0.25, 0.3) is 0 Å². The second-order valence-electron chi connectivity index (χ2n) is 10.3. The highest BCUT2D eigenvalue weighted by molar-refractivity contribution is 5.81. The van der Waals surface area contributed by atoms with Crippen molar-refractivity contribution in [2.24, 2.45) is 0 Å². The van der Waals surface area contributed by atoms with E-state index in [1.807, 2.05) is 48.7 Å². The van der Waals surface area contributed by atoms with Gasteiger partial charge in [-0.1, -0.05) is 66.7 Å². The highest BCUT2D eigenvalue weighted by atomic mass is 16.5. The number of pyridine rings is 1. The van der Waals surface area contributed by atoms with Crippen LogP contribution < -0.4 is 4.74 Å². The Morgan fingerprint density at radius 3 is 2.66 bits per heavy atom. The normalized spacial score (nSPS) is 15.6. The van der Waals surface area contributed by atoms with Gasteiger partial charge in [0.1, 0.15) is 5.75 Å². The lowest BCUT2D eigenvalue weighted by atomic mass is 9.98. The van der Waals surface area contributed by atoms with Crippen molar-refractivity contribution in [2.75, 3.05) is 20.2 Å². The summed E-state index contributed by atoms with van der Waals surface area (Å²) in [5, 5.41) is 1.17. The first-order chi connectivity index (χ1) is 18.7. The number of carbonyl (C=O) groups excluding carboxylic acids is 1. The smallest absolute Gasteiger partial charge is 0.227 e. The number of carbonyl (C=O) groups is 1. The van der Waals surface area contributed by atoms with Gasteiger partial charge in [0.05, 0.1) is 18.5 Å². The highest BCUT2D eigenvalue weighted by Crippen LogP contribution is 2.23. The first kappa shape index (κ1) is 25.9. The van der Waals surface area contributed by atoms with Crippen molar-refractivity contribution in [3.63, 3.8) is 0 Å². The number of ether oxygens (including phenoxy) is 1. The van der Waals surface area contributed by atoms with Crippen LogP contribution in [0.1, 0.15) is 42.4 Å². The first-order valence-corrected chi connectivity index (χ1v) is 13.7. The van der Waals surface area contributed by atoms with E-state index < -0.39 is 0 Å². The van der Waals surface area contributed by atoms with E-state index in [1.54, 1.807) is 0 Å². The van der Waals surface area contributed by atoms with Crippen molar-refractivity contribution in [2.45, 2.75) is 51.2 Å². The molecule has 0 N–H and O–H groups in total. The molecule has 1 amide bonds. The third kappa shape index (κ3) is 6.78. The quantitative estimate of drug-likeness (QED) is 0.254. The van der Waals surface area contributed by atoms with Gasteiger partial charge in [0, 0.05) is 43.7 Å². The summed E-state index contributed by atoms with van der Waals surface area (Å²) in [5.41, 5.74) is 4.60. The van der Waals surface area contributed by atoms with Crippen LogP contribution in [-0.4, -0.2) is 46.9 Å². The van der Waals surface area contributed by atoms with Gasteiger partial charge in [-0.3, -0.25) is 14.7 Å². The molecule has 196 valence electrons. The fourth-order valence-electron chi connectivity index (χ4n) is 5.50. The van der Waals surface area contributed by atoms with Crippen LogP contribution in [0.4, 0.5) is 0 Å². The average molecular weight is 508 g/mol. The molecule has 0 spiro atoms. The number of para-hydroxylation sites is 1. The number of hydrogen-bond donors (Lipinski definition) is 0. The van der Waals surface area contributed by atoms with Crippen LogP contribution >= 0.6 is 0 Å². The van der Waals surface area contributed by atoms with Crippen LogP contribution in [-0.2, 0) is 24.3 Å². The summed E-state index contributed by atoms with van der Waals surface area (Å²) in [6, 6.07) is 29.1. The van der Waals surface area contributed by atoms with Crippen molar-refractivity contribution in [1.82, 2.24) is 14.8 Å². The van der Waals surface area contributed by atoms with E-state index in [-0.39, 0.29) is 11.9 Å². The van der Waals surface area contributed by atoms with E-state index in [2.05, 4.69) is 64.3 Å². The minimum Gasteiger partial charge on any atom is -0.494 e. The van der Waals surface area contributed by atoms with Gasteiger partial charge in [-0.25, -0.2) is 0 Å². The van der Waals surface area contributed by atoms with Crippen molar-refractivity contribution in [3.8, 4) is 5.75 Å². The van der Waals surface area contributed by atoms with Crippen LogP contribution in [0.5, 0.6) is 5.75 Å². The van der Waals surface area contributed by atoms with Gasteiger partial charge >= 0.3 is 0 Å². The lowest BCUT2D eigenvalue weighted by Crippen LogP contribution is -2.45. The van der Waals surface area contributed by atoms with E-state index in [0.29, 0.717) is 13.0 Å². The van der Waals surface area contributed by atoms with E-state index in [0.717, 1.165) is 55.7 Å². The number of nitrogens with zero attached hydrogens (tertiary/aromatic N) is 3. The third-order valence-corrected chi connectivity index (χ3v) is 7.37. The Bertz CT molecular complexity index is 1340. The average Bonchev–Trinajstić information content (AvgIpc) is 2.94. The van der Waals surface area contributed by atoms with Crippen LogP contribution in [0.25, 0.3) is 10.9 Å². The molecule has 1 saturated heterocycles. The van der Waals surface area contributed by atoms with E-state index in [9.17, 15) is 4.79 Å². The van der Waals surface area contributed by atoms with Gasteiger partial charge in [-0.2, -0.15) is 0 Å². The molecule has 5 heteroatoms. The molecular weight excluding hydrogens is 470 g/mol. The summed E-state index contributed by atoms with van der Waals surface area (Å²) in [6.45, 7) is 3.11. The van der Waals surface area contributed by atoms with E-state index in [1.165, 1.54) is 22.9 Å². The predicted molar refractivity (Wildman–Crippen MR) is 153 cm³/mol. The summed E-state index contributed by atoms with van der Waals surface area (Å²) in [6.07, 6.45) is 6.51. The fraction of sp³-hybridized carbons (Fsp3) is 0.333. The maximum absolute atomic E-state index is 13.0. The largest absolute Gasteiger partial charge is 0.494 e. The Morgan fingerprint density at radius 1 is 0.947 bits per heavy atom. The molecule has 4 aromatic rings. The Kier molecular flexibility index (Phi) is 8.67. The monoisotopic (exact) mass is 507 g/mol. The minimum atomic E-state index is 0.229. The van der Waals surface area contributed by atoms with Gasteiger partial charge in [-0.15, -0.1) is 0 Å². The van der Waals surface area contributed by atoms with Crippen LogP contribution in [0.15, 0.2) is 91.1 Å². The maximum atomic E-state index is 13.0. The van der Waals surface area contributed by atoms with Crippen LogP contribution in [0.2, 0.25) is 0 Å². The first-order valence-electron chi connectivity index (χ1n) is 13.7. The van der Waals surface area contributed by atoms with E-state index in [4.69, 9.17) is 4.74 Å². The topological polar surface area (TPSA) is 45.7 Å². The molecule has 5 nitrogen and oxygen atoms in total. The van der Waals surface area contributed by atoms with Gasteiger partial charge in [0.2, 0.25) is 5.91 Å². The molecule has 5 rings (SSSR count). The minimum absolute atomic E-state index is 0.229. The maximum Gasteiger partial charge on any atom is 0.227 e. The van der Waals surface area contributed by atoms with Crippen molar-refractivity contribution in [3.05, 3.63) is 108 Å². The van der Waals surface area contributed by atoms with Gasteiger partial charge in [0.15, 0.2) is 0 Å². The molecule has 0 aliphatic carbocycles. The van der Waals surface area contributed by atoms with E-state index >= 15 is 0 Å². The van der Waals surface area contributed by atoms with Crippen molar-refractivity contribution in [1.29, 1.82) is 0 Å². The Hall–Kier alpha value is -3.70. The molecule has 0 radical (unpaired) electrons. The number of fused-ring (bicyclic) bond motifs is 1. The van der Waals surface area contributed by atoms with Gasteiger partial charge in [-0.05, 0) is 61.2 Å². The number of amides is 1. The van der Waals surface area contributed by atoms with Crippen molar-refractivity contribution >= 4 is 16.8 Å². The summed E-state index contributed by atoms with van der Waals surface area (Å²) < 4.78 is 6.19.